The molecule has 0 aliphatic heterocycles. The van der Waals surface area contributed by atoms with Crippen LogP contribution in [0.15, 0.2) is 22.0 Å². The minimum atomic E-state index is 0.241. The quantitative estimate of drug-likeness (QED) is 0.459. The largest absolute Gasteiger partial charge is 0.402 e. The smallest absolute Gasteiger partial charge is 0.153 e. The molecule has 0 saturated heterocycles. The highest BCUT2D eigenvalue weighted by molar-refractivity contribution is 6.68. The lowest BCUT2D eigenvalue weighted by atomic mass is 10.5. The molecule has 0 spiro atoms. The summed E-state index contributed by atoms with van der Waals surface area (Å²) in [5.74, 6) is 0. The fourth-order valence-corrected chi connectivity index (χ4v) is 0.510. The van der Waals surface area contributed by atoms with Crippen molar-refractivity contribution in [2.75, 3.05) is 0 Å². The Morgan fingerprint density at radius 1 is 1.78 bits per heavy atom. The second-order valence-corrected chi connectivity index (χ2v) is 1.84. The molecular formula is C5H8ClN3. The number of nitrogens with two attached hydrogens (primary N) is 1. The molecule has 0 amide bonds. The number of nitrogens with zero attached hydrogens (tertiary/aromatic N) is 2. The summed E-state index contributed by atoms with van der Waals surface area (Å²) in [6.07, 6.45) is 1.50. The molecule has 0 radical (unpaired) electrons. The lowest BCUT2D eigenvalue weighted by Crippen LogP contribution is -1.92. The monoisotopic (exact) mass is 145 g/mol. The lowest BCUT2D eigenvalue weighted by Gasteiger charge is -1.85. The van der Waals surface area contributed by atoms with Crippen molar-refractivity contribution in [3.8, 4) is 0 Å². The molecule has 0 heterocycles. The zero-order valence-corrected chi connectivity index (χ0v) is 5.89. The van der Waals surface area contributed by atoms with Crippen molar-refractivity contribution in [2.45, 2.75) is 6.92 Å². The minimum Gasteiger partial charge on any atom is -0.402 e. The summed E-state index contributed by atoms with van der Waals surface area (Å²) >= 11 is 5.44. The lowest BCUT2D eigenvalue weighted by molar-refractivity contribution is 1.27. The van der Waals surface area contributed by atoms with Gasteiger partial charge in [-0.1, -0.05) is 11.6 Å². The van der Waals surface area contributed by atoms with E-state index in [1.165, 1.54) is 6.08 Å². The van der Waals surface area contributed by atoms with Crippen molar-refractivity contribution in [1.82, 2.24) is 0 Å². The number of hydrogen-bond acceptors (Lipinski definition) is 3. The maximum Gasteiger partial charge on any atom is 0.153 e. The van der Waals surface area contributed by atoms with Crippen LogP contribution in [0, 0.1) is 0 Å². The highest BCUT2D eigenvalue weighted by Crippen LogP contribution is 1.90. The molecule has 0 aromatic heterocycles. The zero-order valence-electron chi connectivity index (χ0n) is 5.13. The van der Waals surface area contributed by atoms with Gasteiger partial charge in [-0.3, -0.25) is 0 Å². The molecule has 0 aliphatic rings. The van der Waals surface area contributed by atoms with E-state index < -0.39 is 0 Å². The van der Waals surface area contributed by atoms with Crippen LogP contribution >= 0.6 is 11.6 Å². The van der Waals surface area contributed by atoms with Crippen molar-refractivity contribution in [3.05, 3.63) is 11.8 Å². The highest BCUT2D eigenvalue weighted by Gasteiger charge is 1.84. The summed E-state index contributed by atoms with van der Waals surface area (Å²) in [6.45, 7) is 4.83. The first-order valence-electron chi connectivity index (χ1n) is 2.29. The third kappa shape index (κ3) is 5.03. The summed E-state index contributed by atoms with van der Waals surface area (Å²) in [5, 5.41) is 6.84. The van der Waals surface area contributed by atoms with E-state index in [9.17, 15) is 0 Å². The van der Waals surface area contributed by atoms with Crippen molar-refractivity contribution < 1.29 is 0 Å². The zero-order chi connectivity index (χ0) is 7.28. The molecule has 0 unspecified atom stereocenters. The van der Waals surface area contributed by atoms with Crippen molar-refractivity contribution in [2.24, 2.45) is 15.9 Å². The van der Waals surface area contributed by atoms with Gasteiger partial charge in [0.25, 0.3) is 0 Å². The van der Waals surface area contributed by atoms with Gasteiger partial charge >= 0.3 is 0 Å². The van der Waals surface area contributed by atoms with Gasteiger partial charge in [-0.15, -0.1) is 5.10 Å². The number of halogens is 1. The SMILES string of the molecule is C=NN=C(Cl)C=C(C)N. The summed E-state index contributed by atoms with van der Waals surface area (Å²) in [4.78, 5) is 0. The number of hydrogen-bond donors (Lipinski definition) is 1. The van der Waals surface area contributed by atoms with Crippen molar-refractivity contribution in [3.63, 3.8) is 0 Å². The summed E-state index contributed by atoms with van der Waals surface area (Å²) in [7, 11) is 0. The van der Waals surface area contributed by atoms with Crippen LogP contribution < -0.4 is 5.73 Å². The Morgan fingerprint density at radius 2 is 2.33 bits per heavy atom. The predicted octanol–water partition coefficient (Wildman–Crippen LogP) is 1.10. The van der Waals surface area contributed by atoms with Gasteiger partial charge in [0.2, 0.25) is 0 Å². The van der Waals surface area contributed by atoms with Gasteiger partial charge in [-0.2, -0.15) is 5.10 Å². The van der Waals surface area contributed by atoms with Gasteiger partial charge in [0, 0.05) is 12.4 Å². The predicted molar refractivity (Wildman–Crippen MR) is 40.8 cm³/mol. The van der Waals surface area contributed by atoms with Crippen LogP contribution in [0.5, 0.6) is 0 Å². The van der Waals surface area contributed by atoms with Crippen LogP contribution in [0.1, 0.15) is 6.92 Å². The molecule has 0 fully saturated rings. The average Bonchev–Trinajstić information content (AvgIpc) is 1.63. The molecule has 50 valence electrons. The van der Waals surface area contributed by atoms with E-state index in [-0.39, 0.29) is 5.17 Å². The maximum absolute atomic E-state index is 5.44. The third-order valence-electron chi connectivity index (χ3n) is 0.513. The van der Waals surface area contributed by atoms with E-state index in [1.807, 2.05) is 0 Å². The van der Waals surface area contributed by atoms with Crippen LogP contribution in [0.25, 0.3) is 0 Å². The summed E-state index contributed by atoms with van der Waals surface area (Å²) in [6, 6.07) is 0. The van der Waals surface area contributed by atoms with Gasteiger partial charge in [0.05, 0.1) is 0 Å². The van der Waals surface area contributed by atoms with E-state index in [4.69, 9.17) is 17.3 Å². The van der Waals surface area contributed by atoms with Gasteiger partial charge in [0.1, 0.15) is 0 Å². The molecule has 4 heteroatoms. The van der Waals surface area contributed by atoms with Crippen LogP contribution in [0.4, 0.5) is 0 Å². The fraction of sp³-hybridized carbons (Fsp3) is 0.200. The average molecular weight is 146 g/mol. The minimum absolute atomic E-state index is 0.241. The van der Waals surface area contributed by atoms with Crippen molar-refractivity contribution in [1.29, 1.82) is 0 Å². The first-order valence-corrected chi connectivity index (χ1v) is 2.67. The Bertz CT molecular complexity index is 156. The first kappa shape index (κ1) is 8.17. The van der Waals surface area contributed by atoms with Crippen LogP contribution in [0.3, 0.4) is 0 Å². The molecule has 9 heavy (non-hydrogen) atoms. The first-order chi connectivity index (χ1) is 4.16. The summed E-state index contributed by atoms with van der Waals surface area (Å²) in [5.41, 5.74) is 5.85. The molecule has 0 atom stereocenters. The Kier molecular flexibility index (Phi) is 3.71. The molecule has 0 saturated carbocycles. The molecule has 2 N–H and O–H groups in total. The van der Waals surface area contributed by atoms with Crippen LogP contribution in [-0.4, -0.2) is 11.9 Å². The second kappa shape index (κ2) is 4.09. The molecule has 0 aromatic carbocycles. The van der Waals surface area contributed by atoms with Gasteiger partial charge in [0.15, 0.2) is 5.17 Å². The number of allylic oxidation sites excluding steroid dienone is 2. The topological polar surface area (TPSA) is 50.7 Å². The van der Waals surface area contributed by atoms with E-state index in [0.29, 0.717) is 5.70 Å². The molecule has 3 nitrogen and oxygen atoms in total. The normalized spacial score (nSPS) is 13.6. The summed E-state index contributed by atoms with van der Waals surface area (Å²) < 4.78 is 0. The van der Waals surface area contributed by atoms with E-state index in [2.05, 4.69) is 16.9 Å². The Morgan fingerprint density at radius 3 is 2.67 bits per heavy atom. The Labute approximate surface area is 58.9 Å². The highest BCUT2D eigenvalue weighted by atomic mass is 35.5. The van der Waals surface area contributed by atoms with Gasteiger partial charge in [-0.05, 0) is 13.0 Å². The van der Waals surface area contributed by atoms with Gasteiger partial charge in [-0.25, -0.2) is 0 Å². The standard InChI is InChI=1S/C5H8ClN3/c1-4(7)3-5(6)9-8-2/h3H,2,7H2,1H3. The van der Waals surface area contributed by atoms with Crippen LogP contribution in [-0.2, 0) is 0 Å². The number of rotatable bonds is 2. The third-order valence-corrected chi connectivity index (χ3v) is 0.698. The Hall–Kier alpha value is -0.830. The molecule has 0 aromatic rings. The molecular weight excluding hydrogens is 138 g/mol. The van der Waals surface area contributed by atoms with E-state index >= 15 is 0 Å². The maximum atomic E-state index is 5.44. The van der Waals surface area contributed by atoms with E-state index in [1.54, 1.807) is 6.92 Å². The van der Waals surface area contributed by atoms with Crippen LogP contribution in [0.2, 0.25) is 0 Å². The molecule has 0 aliphatic carbocycles. The van der Waals surface area contributed by atoms with Gasteiger partial charge < -0.3 is 5.73 Å². The molecule has 0 bridgehead atoms. The molecule has 0 rings (SSSR count). The fourth-order valence-electron chi connectivity index (χ4n) is 0.284. The second-order valence-electron chi connectivity index (χ2n) is 1.45. The van der Waals surface area contributed by atoms with E-state index in [0.717, 1.165) is 0 Å². The van der Waals surface area contributed by atoms with Crippen molar-refractivity contribution >= 4 is 23.5 Å². The Balaban J connectivity index is 4.05.